The SMILES string of the molecule is CCC(Sc1nc2ccccc2o1)C(=O)N1CCC(c2ncc[nH]2)CC1. The third-order valence-corrected chi connectivity index (χ3v) is 6.07. The number of rotatable bonds is 5. The second-order valence-electron chi connectivity index (χ2n) is 6.54. The van der Waals surface area contributed by atoms with Gasteiger partial charge in [-0.05, 0) is 31.4 Å². The second kappa shape index (κ2) is 7.53. The normalized spacial score (nSPS) is 16.9. The van der Waals surface area contributed by atoms with E-state index in [1.807, 2.05) is 42.3 Å². The number of fused-ring (bicyclic) bond motifs is 1. The molecular formula is C19H22N4O2S. The number of imidazole rings is 1. The molecule has 3 heterocycles. The molecule has 1 atom stereocenters. The van der Waals surface area contributed by atoms with Crippen molar-refractivity contribution in [1.29, 1.82) is 0 Å². The van der Waals surface area contributed by atoms with Crippen molar-refractivity contribution in [3.8, 4) is 0 Å². The summed E-state index contributed by atoms with van der Waals surface area (Å²) < 4.78 is 5.77. The van der Waals surface area contributed by atoms with Crippen molar-refractivity contribution in [2.75, 3.05) is 13.1 Å². The topological polar surface area (TPSA) is 75.0 Å². The molecule has 1 saturated heterocycles. The first-order chi connectivity index (χ1) is 12.7. The number of amides is 1. The summed E-state index contributed by atoms with van der Waals surface area (Å²) in [5.41, 5.74) is 1.59. The van der Waals surface area contributed by atoms with Gasteiger partial charge in [-0.3, -0.25) is 4.79 Å². The van der Waals surface area contributed by atoms with E-state index in [9.17, 15) is 4.79 Å². The lowest BCUT2D eigenvalue weighted by molar-refractivity contribution is -0.131. The lowest BCUT2D eigenvalue weighted by atomic mass is 9.96. The van der Waals surface area contributed by atoms with Crippen molar-refractivity contribution in [2.24, 2.45) is 0 Å². The summed E-state index contributed by atoms with van der Waals surface area (Å²) >= 11 is 1.43. The van der Waals surface area contributed by atoms with Crippen LogP contribution in [0.25, 0.3) is 11.1 Å². The number of nitrogens with zero attached hydrogens (tertiary/aromatic N) is 3. The number of benzene rings is 1. The molecule has 1 fully saturated rings. The highest BCUT2D eigenvalue weighted by Crippen LogP contribution is 2.31. The van der Waals surface area contributed by atoms with Crippen molar-refractivity contribution in [2.45, 2.75) is 42.6 Å². The zero-order valence-corrected chi connectivity index (χ0v) is 15.5. The van der Waals surface area contributed by atoms with Gasteiger partial charge >= 0.3 is 0 Å². The number of nitrogens with one attached hydrogen (secondary N) is 1. The standard InChI is InChI=1S/C19H22N4O2S/c1-2-16(26-19-22-14-5-3-4-6-15(14)25-19)18(24)23-11-7-13(8-12-23)17-20-9-10-21-17/h3-6,9-10,13,16H,2,7-8,11-12H2,1H3,(H,20,21). The van der Waals surface area contributed by atoms with Crippen LogP contribution in [0.3, 0.4) is 0 Å². The van der Waals surface area contributed by atoms with Crippen LogP contribution in [-0.4, -0.2) is 44.1 Å². The van der Waals surface area contributed by atoms with Crippen molar-refractivity contribution in [1.82, 2.24) is 19.9 Å². The van der Waals surface area contributed by atoms with Crippen LogP contribution in [0.4, 0.5) is 0 Å². The lowest BCUT2D eigenvalue weighted by Crippen LogP contribution is -2.42. The molecule has 1 aromatic carbocycles. The Balaban J connectivity index is 1.39. The van der Waals surface area contributed by atoms with Gasteiger partial charge in [0, 0.05) is 31.4 Å². The molecule has 2 aromatic heterocycles. The van der Waals surface area contributed by atoms with Crippen LogP contribution in [0, 0.1) is 0 Å². The van der Waals surface area contributed by atoms with E-state index in [0.717, 1.165) is 49.3 Å². The van der Waals surface area contributed by atoms with Gasteiger partial charge in [0.05, 0.1) is 5.25 Å². The Labute approximate surface area is 156 Å². The Hall–Kier alpha value is -2.28. The molecule has 1 amide bonds. The van der Waals surface area contributed by atoms with Crippen molar-refractivity contribution in [3.63, 3.8) is 0 Å². The van der Waals surface area contributed by atoms with Crippen molar-refractivity contribution in [3.05, 3.63) is 42.5 Å². The number of para-hydroxylation sites is 2. The molecule has 0 aliphatic carbocycles. The van der Waals surface area contributed by atoms with E-state index in [4.69, 9.17) is 4.42 Å². The van der Waals surface area contributed by atoms with Gasteiger partial charge in [-0.15, -0.1) is 0 Å². The summed E-state index contributed by atoms with van der Waals surface area (Å²) in [4.78, 5) is 27.0. The van der Waals surface area contributed by atoms with Crippen LogP contribution in [-0.2, 0) is 4.79 Å². The van der Waals surface area contributed by atoms with Gasteiger partial charge in [-0.2, -0.15) is 0 Å². The molecule has 0 spiro atoms. The molecule has 0 radical (unpaired) electrons. The molecule has 7 heteroatoms. The number of thioether (sulfide) groups is 1. The Morgan fingerprint density at radius 2 is 2.19 bits per heavy atom. The molecule has 4 rings (SSSR count). The van der Waals surface area contributed by atoms with E-state index in [0.29, 0.717) is 11.1 Å². The quantitative estimate of drug-likeness (QED) is 0.691. The first-order valence-corrected chi connectivity index (χ1v) is 9.93. The fourth-order valence-corrected chi connectivity index (χ4v) is 4.36. The molecule has 1 unspecified atom stereocenters. The van der Waals surface area contributed by atoms with Gasteiger partial charge in [0.2, 0.25) is 5.91 Å². The Kier molecular flexibility index (Phi) is 4.97. The number of aromatic amines is 1. The third kappa shape index (κ3) is 3.49. The fourth-order valence-electron chi connectivity index (χ4n) is 3.41. The number of H-pyrrole nitrogens is 1. The molecule has 0 saturated carbocycles. The van der Waals surface area contributed by atoms with Gasteiger partial charge in [-0.1, -0.05) is 30.8 Å². The highest BCUT2D eigenvalue weighted by atomic mass is 32.2. The Morgan fingerprint density at radius 1 is 1.38 bits per heavy atom. The maximum Gasteiger partial charge on any atom is 0.257 e. The molecule has 1 aliphatic rings. The number of carbonyl (C=O) groups is 1. The summed E-state index contributed by atoms with van der Waals surface area (Å²) in [5.74, 6) is 1.63. The van der Waals surface area contributed by atoms with Gasteiger partial charge in [-0.25, -0.2) is 9.97 Å². The highest BCUT2D eigenvalue weighted by Gasteiger charge is 2.30. The average molecular weight is 370 g/mol. The minimum Gasteiger partial charge on any atom is -0.431 e. The summed E-state index contributed by atoms with van der Waals surface area (Å²) in [5, 5.41) is 0.403. The first-order valence-electron chi connectivity index (χ1n) is 9.05. The molecule has 26 heavy (non-hydrogen) atoms. The average Bonchev–Trinajstić information content (AvgIpc) is 3.35. The summed E-state index contributed by atoms with van der Waals surface area (Å²) in [7, 11) is 0. The van der Waals surface area contributed by atoms with Gasteiger partial charge < -0.3 is 14.3 Å². The number of aromatic nitrogens is 3. The van der Waals surface area contributed by atoms with E-state index in [1.165, 1.54) is 11.8 Å². The zero-order chi connectivity index (χ0) is 17.9. The minimum atomic E-state index is -0.164. The maximum atomic E-state index is 13.0. The largest absolute Gasteiger partial charge is 0.431 e. The summed E-state index contributed by atoms with van der Waals surface area (Å²) in [6.07, 6.45) is 6.29. The molecular weight excluding hydrogens is 348 g/mol. The number of carbonyl (C=O) groups excluding carboxylic acids is 1. The molecule has 6 nitrogen and oxygen atoms in total. The Bertz CT molecular complexity index is 836. The zero-order valence-electron chi connectivity index (χ0n) is 14.7. The molecule has 0 bridgehead atoms. The lowest BCUT2D eigenvalue weighted by Gasteiger charge is -2.33. The minimum absolute atomic E-state index is 0.164. The van der Waals surface area contributed by atoms with Crippen LogP contribution in [0.1, 0.15) is 37.9 Å². The highest BCUT2D eigenvalue weighted by molar-refractivity contribution is 8.00. The van der Waals surface area contributed by atoms with Crippen LogP contribution in [0.2, 0.25) is 0 Å². The predicted molar refractivity (Wildman–Crippen MR) is 101 cm³/mol. The first kappa shape index (κ1) is 17.1. The summed E-state index contributed by atoms with van der Waals surface area (Å²) in [6, 6.07) is 7.68. The molecule has 136 valence electrons. The van der Waals surface area contributed by atoms with E-state index in [1.54, 1.807) is 6.20 Å². The van der Waals surface area contributed by atoms with E-state index in [2.05, 4.69) is 15.0 Å². The van der Waals surface area contributed by atoms with Crippen LogP contribution in [0.5, 0.6) is 0 Å². The van der Waals surface area contributed by atoms with E-state index >= 15 is 0 Å². The van der Waals surface area contributed by atoms with Crippen LogP contribution < -0.4 is 0 Å². The number of hydrogen-bond acceptors (Lipinski definition) is 5. The maximum absolute atomic E-state index is 13.0. The fraction of sp³-hybridized carbons (Fsp3) is 0.421. The monoisotopic (exact) mass is 370 g/mol. The van der Waals surface area contributed by atoms with Crippen molar-refractivity contribution >= 4 is 28.8 Å². The van der Waals surface area contributed by atoms with E-state index in [-0.39, 0.29) is 11.2 Å². The second-order valence-corrected chi connectivity index (χ2v) is 7.69. The molecule has 1 N–H and O–H groups in total. The Morgan fingerprint density at radius 3 is 2.88 bits per heavy atom. The number of oxazole rings is 1. The summed E-state index contributed by atoms with van der Waals surface area (Å²) in [6.45, 7) is 3.58. The number of likely N-dealkylation sites (tertiary alicyclic amines) is 1. The van der Waals surface area contributed by atoms with Crippen molar-refractivity contribution < 1.29 is 9.21 Å². The molecule has 3 aromatic rings. The van der Waals surface area contributed by atoms with E-state index < -0.39 is 0 Å². The number of piperidine rings is 1. The molecule has 1 aliphatic heterocycles. The van der Waals surface area contributed by atoms with Gasteiger partial charge in [0.25, 0.3) is 5.22 Å². The smallest absolute Gasteiger partial charge is 0.257 e. The van der Waals surface area contributed by atoms with Gasteiger partial charge in [0.1, 0.15) is 11.3 Å². The van der Waals surface area contributed by atoms with Crippen LogP contribution >= 0.6 is 11.8 Å². The predicted octanol–water partition coefficient (Wildman–Crippen LogP) is 3.83. The van der Waals surface area contributed by atoms with Crippen LogP contribution in [0.15, 0.2) is 46.3 Å². The number of hydrogen-bond donors (Lipinski definition) is 1. The third-order valence-electron chi connectivity index (χ3n) is 4.88. The van der Waals surface area contributed by atoms with Gasteiger partial charge in [0.15, 0.2) is 5.58 Å².